The van der Waals surface area contributed by atoms with Crippen LogP contribution in [0.1, 0.15) is 23.2 Å². The van der Waals surface area contributed by atoms with Crippen molar-refractivity contribution >= 4 is 17.7 Å². The smallest absolute Gasteiger partial charge is 0.251 e. The number of benzene rings is 1. The molecule has 1 unspecified atom stereocenters. The maximum absolute atomic E-state index is 11.9. The van der Waals surface area contributed by atoms with Gasteiger partial charge in [-0.2, -0.15) is 0 Å². The average Bonchev–Trinajstić information content (AvgIpc) is 2.58. The predicted octanol–water partition coefficient (Wildman–Crippen LogP) is 0.0674. The molecule has 1 aliphatic rings. The van der Waals surface area contributed by atoms with Crippen LogP contribution in [0.4, 0.5) is 0 Å². The molecule has 1 heterocycles. The van der Waals surface area contributed by atoms with E-state index in [1.807, 2.05) is 0 Å². The quantitative estimate of drug-likeness (QED) is 0.510. The van der Waals surface area contributed by atoms with E-state index >= 15 is 0 Å². The molecule has 1 aliphatic heterocycles. The molecule has 3 amide bonds. The van der Waals surface area contributed by atoms with Gasteiger partial charge in [0.1, 0.15) is 11.7 Å². The topological polar surface area (TPSA) is 96.5 Å². The Hall–Kier alpha value is -2.57. The van der Waals surface area contributed by atoms with Crippen molar-refractivity contribution in [2.24, 2.45) is 5.92 Å². The largest absolute Gasteiger partial charge is 0.497 e. The van der Waals surface area contributed by atoms with Gasteiger partial charge in [0.25, 0.3) is 5.91 Å². The molecule has 0 saturated carbocycles. The SMILES string of the molecule is COc1ccc(C(=O)NCCNC(=O)C2CCCNC2=O)cc1. The summed E-state index contributed by atoms with van der Waals surface area (Å²) in [5.41, 5.74) is 0.517. The molecule has 1 aromatic carbocycles. The van der Waals surface area contributed by atoms with Gasteiger partial charge in [-0.3, -0.25) is 14.4 Å². The van der Waals surface area contributed by atoms with E-state index in [4.69, 9.17) is 4.74 Å². The van der Waals surface area contributed by atoms with E-state index in [-0.39, 0.29) is 24.3 Å². The summed E-state index contributed by atoms with van der Waals surface area (Å²) in [5, 5.41) is 8.06. The summed E-state index contributed by atoms with van der Waals surface area (Å²) >= 11 is 0. The molecule has 3 N–H and O–H groups in total. The molecule has 1 atom stereocenters. The molecule has 0 spiro atoms. The van der Waals surface area contributed by atoms with Gasteiger partial charge in [-0.1, -0.05) is 0 Å². The molecule has 1 saturated heterocycles. The number of hydrogen-bond acceptors (Lipinski definition) is 4. The molecular formula is C16H21N3O4. The lowest BCUT2D eigenvalue weighted by atomic mass is 9.98. The summed E-state index contributed by atoms with van der Waals surface area (Å²) in [6.45, 7) is 1.20. The molecule has 1 fully saturated rings. The Bertz CT molecular complexity index is 571. The van der Waals surface area contributed by atoms with Gasteiger partial charge in [0.05, 0.1) is 7.11 Å². The Labute approximate surface area is 134 Å². The van der Waals surface area contributed by atoms with E-state index in [1.165, 1.54) is 0 Å². The predicted molar refractivity (Wildman–Crippen MR) is 84.1 cm³/mol. The molecule has 23 heavy (non-hydrogen) atoms. The van der Waals surface area contributed by atoms with Gasteiger partial charge in [-0.15, -0.1) is 0 Å². The minimum absolute atomic E-state index is 0.225. The maximum Gasteiger partial charge on any atom is 0.251 e. The van der Waals surface area contributed by atoms with Crippen LogP contribution in [-0.4, -0.2) is 44.5 Å². The van der Waals surface area contributed by atoms with E-state index in [0.29, 0.717) is 30.8 Å². The summed E-state index contributed by atoms with van der Waals surface area (Å²) in [7, 11) is 1.56. The molecule has 0 bridgehead atoms. The fraction of sp³-hybridized carbons (Fsp3) is 0.438. The summed E-state index contributed by atoms with van der Waals surface area (Å²) in [6, 6.07) is 6.75. The first-order chi connectivity index (χ1) is 11.1. The minimum atomic E-state index is -0.624. The van der Waals surface area contributed by atoms with E-state index in [9.17, 15) is 14.4 Å². The van der Waals surface area contributed by atoms with Crippen molar-refractivity contribution in [1.82, 2.24) is 16.0 Å². The molecule has 0 aliphatic carbocycles. The Morgan fingerprint density at radius 1 is 1.22 bits per heavy atom. The monoisotopic (exact) mass is 319 g/mol. The number of nitrogens with one attached hydrogen (secondary N) is 3. The highest BCUT2D eigenvalue weighted by atomic mass is 16.5. The van der Waals surface area contributed by atoms with Gasteiger partial charge in [0.15, 0.2) is 0 Å². The summed E-state index contributed by atoms with van der Waals surface area (Å²) in [6.07, 6.45) is 1.37. The highest BCUT2D eigenvalue weighted by Gasteiger charge is 2.28. The normalized spacial score (nSPS) is 17.1. The highest BCUT2D eigenvalue weighted by Crippen LogP contribution is 2.11. The summed E-state index contributed by atoms with van der Waals surface area (Å²) in [5.74, 6) is -0.685. The van der Waals surface area contributed by atoms with Crippen LogP contribution < -0.4 is 20.7 Å². The number of carbonyl (C=O) groups is 3. The zero-order valence-corrected chi connectivity index (χ0v) is 13.1. The second-order valence-electron chi connectivity index (χ2n) is 5.26. The Kier molecular flexibility index (Phi) is 5.96. The third-order valence-corrected chi connectivity index (χ3v) is 3.66. The van der Waals surface area contributed by atoms with Gasteiger partial charge >= 0.3 is 0 Å². The van der Waals surface area contributed by atoms with Crippen LogP contribution in [0.3, 0.4) is 0 Å². The fourth-order valence-electron chi connectivity index (χ4n) is 2.35. The Morgan fingerprint density at radius 2 is 1.91 bits per heavy atom. The van der Waals surface area contributed by atoms with E-state index in [0.717, 1.165) is 6.42 Å². The van der Waals surface area contributed by atoms with Crippen molar-refractivity contribution in [2.45, 2.75) is 12.8 Å². The molecule has 2 rings (SSSR count). The van der Waals surface area contributed by atoms with Gasteiger partial charge in [0, 0.05) is 25.2 Å². The van der Waals surface area contributed by atoms with Gasteiger partial charge in [-0.25, -0.2) is 0 Å². The third-order valence-electron chi connectivity index (χ3n) is 3.66. The van der Waals surface area contributed by atoms with Crippen molar-refractivity contribution in [2.75, 3.05) is 26.7 Å². The van der Waals surface area contributed by atoms with Crippen LogP contribution in [0.15, 0.2) is 24.3 Å². The first-order valence-electron chi connectivity index (χ1n) is 7.59. The number of rotatable bonds is 6. The number of carbonyl (C=O) groups excluding carboxylic acids is 3. The lowest BCUT2D eigenvalue weighted by Crippen LogP contribution is -2.46. The number of hydrogen-bond donors (Lipinski definition) is 3. The van der Waals surface area contributed by atoms with Crippen LogP contribution in [-0.2, 0) is 9.59 Å². The van der Waals surface area contributed by atoms with E-state index in [1.54, 1.807) is 31.4 Å². The first kappa shape index (κ1) is 16.8. The van der Waals surface area contributed by atoms with Crippen LogP contribution in [0.5, 0.6) is 5.75 Å². The van der Waals surface area contributed by atoms with E-state index in [2.05, 4.69) is 16.0 Å². The van der Waals surface area contributed by atoms with Crippen LogP contribution in [0.2, 0.25) is 0 Å². The average molecular weight is 319 g/mol. The van der Waals surface area contributed by atoms with Crippen LogP contribution >= 0.6 is 0 Å². The zero-order valence-electron chi connectivity index (χ0n) is 13.1. The molecule has 7 nitrogen and oxygen atoms in total. The molecular weight excluding hydrogens is 298 g/mol. The lowest BCUT2D eigenvalue weighted by molar-refractivity contribution is -0.136. The number of methoxy groups -OCH3 is 1. The third kappa shape index (κ3) is 4.70. The Balaban J connectivity index is 1.70. The Morgan fingerprint density at radius 3 is 2.57 bits per heavy atom. The first-order valence-corrected chi connectivity index (χ1v) is 7.59. The molecule has 7 heteroatoms. The standard InChI is InChI=1S/C16H21N3O4/c1-23-12-6-4-11(5-7-12)14(20)18-9-10-19-16(22)13-3-2-8-17-15(13)21/h4-7,13H,2-3,8-10H2,1H3,(H,17,21)(H,18,20)(H,19,22). The number of amides is 3. The van der Waals surface area contributed by atoms with E-state index < -0.39 is 5.92 Å². The van der Waals surface area contributed by atoms with Crippen molar-refractivity contribution in [3.05, 3.63) is 29.8 Å². The maximum atomic E-state index is 11.9. The fourth-order valence-corrected chi connectivity index (χ4v) is 2.35. The highest BCUT2D eigenvalue weighted by molar-refractivity contribution is 6.00. The van der Waals surface area contributed by atoms with Crippen molar-refractivity contribution < 1.29 is 19.1 Å². The summed E-state index contributed by atoms with van der Waals surface area (Å²) in [4.78, 5) is 35.4. The van der Waals surface area contributed by atoms with Crippen LogP contribution in [0.25, 0.3) is 0 Å². The number of piperidine rings is 1. The lowest BCUT2D eigenvalue weighted by Gasteiger charge is -2.21. The number of ether oxygens (including phenoxy) is 1. The van der Waals surface area contributed by atoms with Crippen molar-refractivity contribution in [1.29, 1.82) is 0 Å². The molecule has 0 radical (unpaired) electrons. The van der Waals surface area contributed by atoms with Gasteiger partial charge in [0.2, 0.25) is 11.8 Å². The van der Waals surface area contributed by atoms with Crippen molar-refractivity contribution in [3.63, 3.8) is 0 Å². The molecule has 124 valence electrons. The second-order valence-corrected chi connectivity index (χ2v) is 5.26. The van der Waals surface area contributed by atoms with Crippen LogP contribution in [0, 0.1) is 5.92 Å². The minimum Gasteiger partial charge on any atom is -0.497 e. The van der Waals surface area contributed by atoms with Gasteiger partial charge < -0.3 is 20.7 Å². The van der Waals surface area contributed by atoms with Gasteiger partial charge in [-0.05, 0) is 37.1 Å². The van der Waals surface area contributed by atoms with Crippen molar-refractivity contribution in [3.8, 4) is 5.75 Å². The zero-order chi connectivity index (χ0) is 16.7. The summed E-state index contributed by atoms with van der Waals surface area (Å²) < 4.78 is 5.03. The molecule has 1 aromatic rings. The molecule has 0 aromatic heterocycles. The second kappa shape index (κ2) is 8.17.